The van der Waals surface area contributed by atoms with Crippen LogP contribution in [0.2, 0.25) is 0 Å². The minimum atomic E-state index is -0.756. The molecule has 2 N–H and O–H groups in total. The highest BCUT2D eigenvalue weighted by Gasteiger charge is 2.14. The molecule has 3 rings (SSSR count). The first kappa shape index (κ1) is 18.4. The van der Waals surface area contributed by atoms with Gasteiger partial charge >= 0.3 is 5.97 Å². The van der Waals surface area contributed by atoms with Gasteiger partial charge in [-0.25, -0.2) is 4.79 Å². The van der Waals surface area contributed by atoms with Crippen LogP contribution in [-0.4, -0.2) is 23.5 Å². The monoisotopic (exact) mass is 364 g/mol. The highest BCUT2D eigenvalue weighted by Crippen LogP contribution is 2.21. The number of para-hydroxylation sites is 2. The molecule has 0 bridgehead atoms. The van der Waals surface area contributed by atoms with Gasteiger partial charge in [0.05, 0.1) is 0 Å². The van der Waals surface area contributed by atoms with Crippen LogP contribution in [0.3, 0.4) is 0 Å². The van der Waals surface area contributed by atoms with Gasteiger partial charge in [0, 0.05) is 22.7 Å². The molecule has 6 heteroatoms. The fourth-order valence-corrected chi connectivity index (χ4v) is 2.89. The summed E-state index contributed by atoms with van der Waals surface area (Å²) in [4.78, 5) is 39.3. The third kappa shape index (κ3) is 4.06. The van der Waals surface area contributed by atoms with E-state index in [1.165, 1.54) is 6.07 Å². The Labute approximate surface area is 156 Å². The lowest BCUT2D eigenvalue weighted by Crippen LogP contribution is -2.23. The number of aryl methyl sites for hydroxylation is 2. The molecule has 6 nitrogen and oxygen atoms in total. The molecule has 0 unspecified atom stereocenters. The van der Waals surface area contributed by atoms with Crippen molar-refractivity contribution in [1.82, 2.24) is 4.98 Å². The van der Waals surface area contributed by atoms with Crippen LogP contribution in [0.15, 0.2) is 53.3 Å². The molecule has 0 atom stereocenters. The van der Waals surface area contributed by atoms with Crippen LogP contribution in [-0.2, 0) is 16.0 Å². The molecule has 0 spiro atoms. The van der Waals surface area contributed by atoms with Gasteiger partial charge in [0.1, 0.15) is 5.69 Å². The Balaban J connectivity index is 1.69. The smallest absolute Gasteiger partial charge is 0.355 e. The van der Waals surface area contributed by atoms with E-state index in [1.54, 1.807) is 24.3 Å². The number of benzene rings is 2. The van der Waals surface area contributed by atoms with Gasteiger partial charge in [-0.05, 0) is 36.6 Å². The summed E-state index contributed by atoms with van der Waals surface area (Å²) in [6, 6.07) is 13.8. The van der Waals surface area contributed by atoms with Crippen LogP contribution in [0.25, 0.3) is 10.9 Å². The van der Waals surface area contributed by atoms with E-state index in [1.807, 2.05) is 32.0 Å². The molecule has 2 aromatic carbocycles. The summed E-state index contributed by atoms with van der Waals surface area (Å²) >= 11 is 0. The molecule has 1 heterocycles. The number of rotatable bonds is 5. The Morgan fingerprint density at radius 3 is 2.67 bits per heavy atom. The lowest BCUT2D eigenvalue weighted by Gasteiger charge is -2.13. The second-order valence-electron chi connectivity index (χ2n) is 6.18. The third-order valence-corrected chi connectivity index (χ3v) is 4.30. The number of hydrogen-bond acceptors (Lipinski definition) is 4. The number of fused-ring (bicyclic) bond motifs is 1. The largest absolute Gasteiger partial charge is 0.451 e. The first-order valence-electron chi connectivity index (χ1n) is 8.67. The number of hydrogen-bond donors (Lipinski definition) is 2. The topological polar surface area (TPSA) is 88.3 Å². The average molecular weight is 364 g/mol. The van der Waals surface area contributed by atoms with Crippen molar-refractivity contribution in [3.8, 4) is 0 Å². The summed E-state index contributed by atoms with van der Waals surface area (Å²) < 4.78 is 5.06. The second-order valence-corrected chi connectivity index (χ2v) is 6.18. The SMILES string of the molecule is CCc1cccc(C)c1NC(=O)COC(=O)c1cc(=O)c2ccccc2[nH]1. The number of carbonyl (C=O) groups is 2. The molecule has 0 fully saturated rings. The Morgan fingerprint density at radius 2 is 1.89 bits per heavy atom. The van der Waals surface area contributed by atoms with Crippen molar-refractivity contribution in [2.75, 3.05) is 11.9 Å². The van der Waals surface area contributed by atoms with Crippen LogP contribution in [0.5, 0.6) is 0 Å². The van der Waals surface area contributed by atoms with Gasteiger partial charge in [-0.3, -0.25) is 9.59 Å². The summed E-state index contributed by atoms with van der Waals surface area (Å²) in [7, 11) is 0. The van der Waals surface area contributed by atoms with Crippen LogP contribution >= 0.6 is 0 Å². The number of esters is 1. The maximum atomic E-state index is 12.2. The highest BCUT2D eigenvalue weighted by molar-refractivity contribution is 5.96. The molecule has 0 saturated carbocycles. The molecule has 0 aliphatic carbocycles. The van der Waals surface area contributed by atoms with Gasteiger partial charge in [-0.2, -0.15) is 0 Å². The Morgan fingerprint density at radius 1 is 1.11 bits per heavy atom. The summed E-state index contributed by atoms with van der Waals surface area (Å²) in [6.45, 7) is 3.46. The number of anilines is 1. The van der Waals surface area contributed by atoms with Gasteiger partial charge in [0.15, 0.2) is 12.0 Å². The van der Waals surface area contributed by atoms with E-state index in [-0.39, 0.29) is 11.1 Å². The first-order chi connectivity index (χ1) is 13.0. The highest BCUT2D eigenvalue weighted by atomic mass is 16.5. The zero-order valence-electron chi connectivity index (χ0n) is 15.2. The summed E-state index contributed by atoms with van der Waals surface area (Å²) in [5, 5.41) is 3.27. The Bertz CT molecular complexity index is 1070. The first-order valence-corrected chi connectivity index (χ1v) is 8.67. The van der Waals surface area contributed by atoms with Crippen molar-refractivity contribution < 1.29 is 14.3 Å². The molecule has 0 aliphatic rings. The van der Waals surface area contributed by atoms with E-state index in [0.29, 0.717) is 10.9 Å². The number of nitrogens with one attached hydrogen (secondary N) is 2. The zero-order valence-corrected chi connectivity index (χ0v) is 15.2. The van der Waals surface area contributed by atoms with Gasteiger partial charge in [-0.15, -0.1) is 0 Å². The van der Waals surface area contributed by atoms with Crippen molar-refractivity contribution in [3.05, 3.63) is 75.6 Å². The average Bonchev–Trinajstić information content (AvgIpc) is 2.67. The Kier molecular flexibility index (Phi) is 5.35. The van der Waals surface area contributed by atoms with Crippen molar-refractivity contribution in [2.24, 2.45) is 0 Å². The number of ether oxygens (including phenoxy) is 1. The number of aromatic amines is 1. The maximum Gasteiger partial charge on any atom is 0.355 e. The molecular formula is C21H20N2O4. The molecule has 3 aromatic rings. The quantitative estimate of drug-likeness (QED) is 0.681. The van der Waals surface area contributed by atoms with E-state index in [0.717, 1.165) is 23.2 Å². The summed E-state index contributed by atoms with van der Waals surface area (Å²) in [5.74, 6) is -1.19. The maximum absolute atomic E-state index is 12.2. The second kappa shape index (κ2) is 7.86. The minimum absolute atomic E-state index is 0.0108. The fourth-order valence-electron chi connectivity index (χ4n) is 2.89. The summed E-state index contributed by atoms with van der Waals surface area (Å²) in [6.07, 6.45) is 0.773. The van der Waals surface area contributed by atoms with Crippen molar-refractivity contribution in [3.63, 3.8) is 0 Å². The molecular weight excluding hydrogens is 344 g/mol. The van der Waals surface area contributed by atoms with E-state index in [2.05, 4.69) is 10.3 Å². The zero-order chi connectivity index (χ0) is 19.4. The molecule has 0 saturated heterocycles. The molecule has 1 amide bonds. The minimum Gasteiger partial charge on any atom is -0.451 e. The van der Waals surface area contributed by atoms with Crippen molar-refractivity contribution in [2.45, 2.75) is 20.3 Å². The molecule has 138 valence electrons. The van der Waals surface area contributed by atoms with Crippen LogP contribution in [0.1, 0.15) is 28.5 Å². The van der Waals surface area contributed by atoms with Gasteiger partial charge in [0.2, 0.25) is 0 Å². The van der Waals surface area contributed by atoms with Crippen molar-refractivity contribution in [1.29, 1.82) is 0 Å². The normalized spacial score (nSPS) is 10.6. The third-order valence-electron chi connectivity index (χ3n) is 4.30. The molecule has 0 radical (unpaired) electrons. The standard InChI is InChI=1S/C21H20N2O4/c1-3-14-8-6-7-13(2)20(14)23-19(25)12-27-21(26)17-11-18(24)15-9-4-5-10-16(15)22-17/h4-11H,3,12H2,1-2H3,(H,22,24)(H,23,25). The number of pyridine rings is 1. The van der Waals surface area contributed by atoms with Crippen molar-refractivity contribution >= 4 is 28.5 Å². The number of aromatic nitrogens is 1. The van der Waals surface area contributed by atoms with Crippen LogP contribution in [0, 0.1) is 6.92 Å². The predicted octanol–water partition coefficient (Wildman–Crippen LogP) is 3.19. The Hall–Kier alpha value is -3.41. The lowest BCUT2D eigenvalue weighted by molar-refractivity contribution is -0.119. The van der Waals surface area contributed by atoms with E-state index >= 15 is 0 Å². The number of H-pyrrole nitrogens is 1. The lowest BCUT2D eigenvalue weighted by atomic mass is 10.1. The summed E-state index contributed by atoms with van der Waals surface area (Å²) in [5.41, 5.74) is 2.94. The number of carbonyl (C=O) groups excluding carboxylic acids is 2. The number of amides is 1. The molecule has 1 aromatic heterocycles. The van der Waals surface area contributed by atoms with Gasteiger partial charge in [0.25, 0.3) is 5.91 Å². The molecule has 27 heavy (non-hydrogen) atoms. The van der Waals surface area contributed by atoms with Crippen LogP contribution < -0.4 is 10.7 Å². The predicted molar refractivity (Wildman–Crippen MR) is 104 cm³/mol. The van der Waals surface area contributed by atoms with E-state index in [9.17, 15) is 14.4 Å². The fraction of sp³-hybridized carbons (Fsp3) is 0.190. The van der Waals surface area contributed by atoms with E-state index < -0.39 is 18.5 Å². The van der Waals surface area contributed by atoms with Gasteiger partial charge < -0.3 is 15.0 Å². The van der Waals surface area contributed by atoms with Crippen LogP contribution in [0.4, 0.5) is 5.69 Å². The van der Waals surface area contributed by atoms with Gasteiger partial charge in [-0.1, -0.05) is 37.3 Å². The molecule has 0 aliphatic heterocycles. The van der Waals surface area contributed by atoms with E-state index in [4.69, 9.17) is 4.74 Å².